The Balaban J connectivity index is 0.00000342. The fourth-order valence-corrected chi connectivity index (χ4v) is 4.35. The number of hydrogen-bond acceptors (Lipinski definition) is 7. The smallest absolute Gasteiger partial charge is 0.550 e. The minimum atomic E-state index is -1.14. The minimum Gasteiger partial charge on any atom is -0.550 e. The zero-order chi connectivity index (χ0) is 24.1. The van der Waals surface area contributed by atoms with E-state index in [0.29, 0.717) is 40.3 Å². The summed E-state index contributed by atoms with van der Waals surface area (Å²) in [5.74, 6) is 0.0874. The van der Waals surface area contributed by atoms with Gasteiger partial charge in [-0.25, -0.2) is 4.99 Å². The van der Waals surface area contributed by atoms with Crippen molar-refractivity contribution in [3.63, 3.8) is 0 Å². The number of ether oxygens (including phenoxy) is 2. The normalized spacial score (nSPS) is 15.2. The van der Waals surface area contributed by atoms with E-state index in [0.717, 1.165) is 22.1 Å². The van der Waals surface area contributed by atoms with E-state index in [2.05, 4.69) is 10.3 Å². The van der Waals surface area contributed by atoms with Crippen LogP contribution >= 0.6 is 11.8 Å². The average Bonchev–Trinajstić information content (AvgIpc) is 3.14. The number of amides is 1. The molecule has 7 nitrogen and oxygen atoms in total. The van der Waals surface area contributed by atoms with Gasteiger partial charge in [0.05, 0.1) is 23.8 Å². The number of hydrogen-bond donors (Lipinski definition) is 1. The second-order valence-electron chi connectivity index (χ2n) is 7.46. The number of fused-ring (bicyclic) bond motifs is 1. The van der Waals surface area contributed by atoms with Gasteiger partial charge in [0, 0.05) is 18.0 Å². The number of aliphatic carboxylic acids is 1. The van der Waals surface area contributed by atoms with Crippen LogP contribution in [0.25, 0.3) is 16.8 Å². The SMILES string of the molecule is CCOc1ccc2cc(OCC)c(C=C3SC(=Nc4ccc(CC(=O)[O-])cc4)NC3=O)cc2c1.[Na+]. The van der Waals surface area contributed by atoms with E-state index in [1.807, 2.05) is 44.2 Å². The van der Waals surface area contributed by atoms with Crippen LogP contribution in [0.5, 0.6) is 11.5 Å². The van der Waals surface area contributed by atoms with E-state index in [-0.39, 0.29) is 41.9 Å². The minimum absolute atomic E-state index is 0. The largest absolute Gasteiger partial charge is 1.00 e. The van der Waals surface area contributed by atoms with E-state index in [9.17, 15) is 14.7 Å². The molecular formula is C26H23N2NaO5S. The first kappa shape index (κ1) is 26.8. The van der Waals surface area contributed by atoms with Crippen molar-refractivity contribution in [3.8, 4) is 11.5 Å². The summed E-state index contributed by atoms with van der Waals surface area (Å²) in [5, 5.41) is 15.9. The van der Waals surface area contributed by atoms with Crippen LogP contribution < -0.4 is 49.5 Å². The molecule has 0 spiro atoms. The molecule has 3 aromatic rings. The maximum atomic E-state index is 12.6. The number of rotatable bonds is 8. The molecule has 174 valence electrons. The number of nitrogens with one attached hydrogen (secondary N) is 1. The number of nitrogens with zero attached hydrogens (tertiary/aromatic N) is 1. The van der Waals surface area contributed by atoms with Crippen LogP contribution in [-0.4, -0.2) is 30.3 Å². The molecule has 0 aromatic heterocycles. The Morgan fingerprint density at radius 1 is 1.03 bits per heavy atom. The van der Waals surface area contributed by atoms with Crippen molar-refractivity contribution in [1.82, 2.24) is 5.32 Å². The number of carbonyl (C=O) groups is 2. The van der Waals surface area contributed by atoms with Crippen molar-refractivity contribution >= 4 is 51.3 Å². The first-order chi connectivity index (χ1) is 16.4. The van der Waals surface area contributed by atoms with E-state index >= 15 is 0 Å². The number of benzene rings is 3. The predicted molar refractivity (Wildman–Crippen MR) is 132 cm³/mol. The van der Waals surface area contributed by atoms with Gasteiger partial charge in [-0.2, -0.15) is 0 Å². The molecule has 0 bridgehead atoms. The molecule has 3 aromatic carbocycles. The molecule has 1 aliphatic heterocycles. The van der Waals surface area contributed by atoms with Crippen LogP contribution in [0, 0.1) is 0 Å². The van der Waals surface area contributed by atoms with E-state index in [1.54, 1.807) is 30.3 Å². The molecule has 0 atom stereocenters. The number of aliphatic imine (C=N–C) groups is 1. The third-order valence-electron chi connectivity index (χ3n) is 5.00. The van der Waals surface area contributed by atoms with Gasteiger partial charge in [-0.05, 0) is 84.4 Å². The zero-order valence-corrected chi connectivity index (χ0v) is 22.6. The van der Waals surface area contributed by atoms with Crippen molar-refractivity contribution in [2.24, 2.45) is 4.99 Å². The molecule has 1 aliphatic rings. The Morgan fingerprint density at radius 2 is 1.77 bits per heavy atom. The standard InChI is InChI=1S/C26H24N2O5S.Na/c1-3-32-21-10-7-17-14-22(33-4-2)19(12-18(17)13-21)15-23-25(31)28-26(34-23)27-20-8-5-16(6-9-20)11-24(29)30;/h5-10,12-15H,3-4,11H2,1-2H3,(H,29,30)(H,27,28,31);/q;+1/p-1. The van der Waals surface area contributed by atoms with E-state index < -0.39 is 5.97 Å². The van der Waals surface area contributed by atoms with E-state index in [1.165, 1.54) is 11.8 Å². The summed E-state index contributed by atoms with van der Waals surface area (Å²) in [5.41, 5.74) is 2.02. The van der Waals surface area contributed by atoms with Gasteiger partial charge in [-0.1, -0.05) is 18.2 Å². The number of thioether (sulfide) groups is 1. The van der Waals surface area contributed by atoms with Gasteiger partial charge >= 0.3 is 29.6 Å². The van der Waals surface area contributed by atoms with Crippen molar-refractivity contribution in [2.45, 2.75) is 20.3 Å². The van der Waals surface area contributed by atoms with Crippen molar-refractivity contribution in [3.05, 3.63) is 70.6 Å². The summed E-state index contributed by atoms with van der Waals surface area (Å²) in [7, 11) is 0. The number of amidine groups is 1. The van der Waals surface area contributed by atoms with Gasteiger partial charge < -0.3 is 24.7 Å². The summed E-state index contributed by atoms with van der Waals surface area (Å²) >= 11 is 1.23. The first-order valence-electron chi connectivity index (χ1n) is 10.9. The summed E-state index contributed by atoms with van der Waals surface area (Å²) in [6.45, 7) is 4.94. The Labute approximate surface area is 229 Å². The van der Waals surface area contributed by atoms with Gasteiger partial charge in [0.1, 0.15) is 11.5 Å². The molecule has 1 N–H and O–H groups in total. The Kier molecular flexibility index (Phi) is 9.40. The van der Waals surface area contributed by atoms with Crippen molar-refractivity contribution < 1.29 is 53.7 Å². The fourth-order valence-electron chi connectivity index (χ4n) is 3.52. The summed E-state index contributed by atoms with van der Waals surface area (Å²) in [4.78, 5) is 28.3. The van der Waals surface area contributed by atoms with Crippen LogP contribution in [0.2, 0.25) is 0 Å². The third kappa shape index (κ3) is 6.89. The topological polar surface area (TPSA) is 100 Å². The van der Waals surface area contributed by atoms with Crippen molar-refractivity contribution in [2.75, 3.05) is 13.2 Å². The van der Waals surface area contributed by atoms with Gasteiger partial charge in [0.2, 0.25) is 0 Å². The molecule has 0 saturated carbocycles. The second kappa shape index (κ2) is 12.3. The summed E-state index contributed by atoms with van der Waals surface area (Å²) in [6, 6.07) is 16.6. The molecular weight excluding hydrogens is 475 g/mol. The first-order valence-corrected chi connectivity index (χ1v) is 11.7. The molecule has 0 radical (unpaired) electrons. The molecule has 9 heteroatoms. The molecule has 1 heterocycles. The Hall–Kier alpha value is -2.78. The molecule has 1 amide bonds. The molecule has 35 heavy (non-hydrogen) atoms. The molecule has 0 unspecified atom stereocenters. The van der Waals surface area contributed by atoms with Gasteiger partial charge in [-0.15, -0.1) is 0 Å². The Morgan fingerprint density at radius 3 is 2.46 bits per heavy atom. The van der Waals surface area contributed by atoms with Crippen LogP contribution in [0.1, 0.15) is 25.0 Å². The monoisotopic (exact) mass is 498 g/mol. The second-order valence-corrected chi connectivity index (χ2v) is 8.49. The molecule has 4 rings (SSSR count). The van der Waals surface area contributed by atoms with Crippen LogP contribution in [0.3, 0.4) is 0 Å². The van der Waals surface area contributed by atoms with Gasteiger partial charge in [0.25, 0.3) is 5.91 Å². The summed E-state index contributed by atoms with van der Waals surface area (Å²) in [6.07, 6.45) is 1.64. The zero-order valence-electron chi connectivity index (χ0n) is 19.8. The number of carbonyl (C=O) groups excluding carboxylic acids is 2. The summed E-state index contributed by atoms with van der Waals surface area (Å²) < 4.78 is 11.5. The molecule has 1 fully saturated rings. The maximum Gasteiger partial charge on any atom is 1.00 e. The van der Waals surface area contributed by atoms with Gasteiger partial charge in [0.15, 0.2) is 5.17 Å². The number of carboxylic acids is 1. The maximum absolute atomic E-state index is 12.6. The van der Waals surface area contributed by atoms with Gasteiger partial charge in [-0.3, -0.25) is 4.79 Å². The fraction of sp³-hybridized carbons (Fsp3) is 0.192. The average molecular weight is 499 g/mol. The van der Waals surface area contributed by atoms with Crippen LogP contribution in [0.4, 0.5) is 5.69 Å². The Bertz CT molecular complexity index is 1310. The van der Waals surface area contributed by atoms with Crippen LogP contribution in [-0.2, 0) is 16.0 Å². The van der Waals surface area contributed by atoms with Crippen LogP contribution in [0.15, 0.2) is 64.5 Å². The van der Waals surface area contributed by atoms with E-state index in [4.69, 9.17) is 9.47 Å². The third-order valence-corrected chi connectivity index (χ3v) is 5.91. The number of carboxylic acid groups (broad SMARTS) is 1. The van der Waals surface area contributed by atoms with Crippen molar-refractivity contribution in [1.29, 1.82) is 0 Å². The predicted octanol–water partition coefficient (Wildman–Crippen LogP) is 0.825. The molecule has 1 saturated heterocycles. The quantitative estimate of drug-likeness (QED) is 0.365. The molecule has 0 aliphatic carbocycles.